The molecule has 0 bridgehead atoms. The van der Waals surface area contributed by atoms with Crippen molar-refractivity contribution in [2.75, 3.05) is 5.73 Å². The molecule has 0 radical (unpaired) electrons. The summed E-state index contributed by atoms with van der Waals surface area (Å²) in [6.45, 7) is 2.07. The summed E-state index contributed by atoms with van der Waals surface area (Å²) in [4.78, 5) is 4.06. The van der Waals surface area contributed by atoms with E-state index in [2.05, 4.69) is 30.6 Å². The highest BCUT2D eigenvalue weighted by Crippen LogP contribution is 2.23. The molecule has 160 valence electrons. The van der Waals surface area contributed by atoms with Gasteiger partial charge >= 0.3 is 0 Å². The number of hydrogen-bond donors (Lipinski definition) is 1. The van der Waals surface area contributed by atoms with Crippen LogP contribution in [-0.4, -0.2) is 40.0 Å². The van der Waals surface area contributed by atoms with Crippen LogP contribution in [0.15, 0.2) is 36.7 Å². The van der Waals surface area contributed by atoms with Crippen molar-refractivity contribution < 1.29 is 13.5 Å². The van der Waals surface area contributed by atoms with Gasteiger partial charge in [-0.2, -0.15) is 0 Å². The normalized spacial score (nSPS) is 11.3. The van der Waals surface area contributed by atoms with Crippen molar-refractivity contribution in [3.05, 3.63) is 53.5 Å². The first-order chi connectivity index (χ1) is 15.0. The highest BCUT2D eigenvalue weighted by Gasteiger charge is 2.16. The summed E-state index contributed by atoms with van der Waals surface area (Å²) in [5, 5.41) is 20.4. The van der Waals surface area contributed by atoms with Gasteiger partial charge in [0.2, 0.25) is 5.88 Å². The Hall–Kier alpha value is -3.96. The Balaban J connectivity index is 1.49. The number of anilines is 1. The zero-order chi connectivity index (χ0) is 22.0. The van der Waals surface area contributed by atoms with Gasteiger partial charge in [0.25, 0.3) is 6.43 Å². The molecule has 12 heteroatoms. The average molecular weight is 427 g/mol. The van der Waals surface area contributed by atoms with Crippen molar-refractivity contribution in [1.29, 1.82) is 0 Å². The van der Waals surface area contributed by atoms with Crippen molar-refractivity contribution in [2.45, 2.75) is 26.4 Å². The van der Waals surface area contributed by atoms with Gasteiger partial charge in [-0.25, -0.2) is 18.1 Å². The lowest BCUT2D eigenvalue weighted by molar-refractivity contribution is 0.151. The molecule has 0 aliphatic heterocycles. The molecule has 4 heterocycles. The van der Waals surface area contributed by atoms with Crippen molar-refractivity contribution in [3.8, 4) is 23.1 Å². The van der Waals surface area contributed by atoms with Crippen LogP contribution in [0, 0.1) is 0 Å². The monoisotopic (exact) mass is 427 g/mol. The largest absolute Gasteiger partial charge is 0.470 e. The fourth-order valence-corrected chi connectivity index (χ4v) is 2.88. The number of rotatable bonds is 7. The topological polar surface area (TPSA) is 122 Å². The summed E-state index contributed by atoms with van der Waals surface area (Å²) in [6.07, 6.45) is 1.11. The number of alkyl halides is 2. The van der Waals surface area contributed by atoms with E-state index in [1.54, 1.807) is 30.1 Å². The van der Waals surface area contributed by atoms with Gasteiger partial charge in [0, 0.05) is 36.6 Å². The maximum absolute atomic E-state index is 12.8. The third-order valence-corrected chi connectivity index (χ3v) is 4.64. The SMILES string of the molecule is CCc1cn(-c2ccc(OCc3c(-c4ccc(C(F)F)cn4)nnn3C)nn2)nc1N. The summed E-state index contributed by atoms with van der Waals surface area (Å²) in [5.74, 6) is 1.24. The molecule has 0 aromatic carbocycles. The van der Waals surface area contributed by atoms with Crippen LogP contribution in [0.3, 0.4) is 0 Å². The zero-order valence-electron chi connectivity index (χ0n) is 16.8. The molecule has 0 unspecified atom stereocenters. The summed E-state index contributed by atoms with van der Waals surface area (Å²) in [6, 6.07) is 6.15. The smallest absolute Gasteiger partial charge is 0.265 e. The molecule has 0 saturated heterocycles. The first-order valence-corrected chi connectivity index (χ1v) is 9.40. The molecular formula is C19H19F2N9O. The van der Waals surface area contributed by atoms with Crippen LogP contribution in [0.5, 0.6) is 5.88 Å². The van der Waals surface area contributed by atoms with Crippen LogP contribution in [0.2, 0.25) is 0 Å². The lowest BCUT2D eigenvalue weighted by Gasteiger charge is -2.07. The second-order valence-electron chi connectivity index (χ2n) is 6.64. The Morgan fingerprint density at radius 2 is 1.97 bits per heavy atom. The summed E-state index contributed by atoms with van der Waals surface area (Å²) >= 11 is 0. The summed E-state index contributed by atoms with van der Waals surface area (Å²) in [7, 11) is 1.70. The van der Waals surface area contributed by atoms with Crippen LogP contribution >= 0.6 is 0 Å². The molecule has 31 heavy (non-hydrogen) atoms. The van der Waals surface area contributed by atoms with Crippen molar-refractivity contribution in [3.63, 3.8) is 0 Å². The summed E-state index contributed by atoms with van der Waals surface area (Å²) < 4.78 is 34.3. The Morgan fingerprint density at radius 3 is 2.58 bits per heavy atom. The second kappa shape index (κ2) is 8.42. The third-order valence-electron chi connectivity index (χ3n) is 4.64. The van der Waals surface area contributed by atoms with E-state index in [9.17, 15) is 8.78 Å². The van der Waals surface area contributed by atoms with E-state index in [1.165, 1.54) is 16.8 Å². The first kappa shape index (κ1) is 20.3. The number of aromatic nitrogens is 8. The van der Waals surface area contributed by atoms with E-state index < -0.39 is 6.43 Å². The van der Waals surface area contributed by atoms with E-state index in [1.807, 2.05) is 6.92 Å². The maximum Gasteiger partial charge on any atom is 0.265 e. The van der Waals surface area contributed by atoms with Gasteiger partial charge in [-0.1, -0.05) is 12.1 Å². The number of halogens is 2. The van der Waals surface area contributed by atoms with Gasteiger partial charge in [0.15, 0.2) is 5.82 Å². The zero-order valence-corrected chi connectivity index (χ0v) is 16.8. The molecule has 0 saturated carbocycles. The van der Waals surface area contributed by atoms with Crippen LogP contribution in [-0.2, 0) is 20.1 Å². The molecule has 4 rings (SSSR count). The van der Waals surface area contributed by atoms with E-state index in [0.29, 0.717) is 28.7 Å². The third kappa shape index (κ3) is 4.17. The number of hydrogen-bond acceptors (Lipinski definition) is 8. The fraction of sp³-hybridized carbons (Fsp3) is 0.263. The van der Waals surface area contributed by atoms with E-state index in [0.717, 1.165) is 18.2 Å². The first-order valence-electron chi connectivity index (χ1n) is 9.40. The minimum atomic E-state index is -2.58. The average Bonchev–Trinajstić information content (AvgIpc) is 3.34. The molecule has 4 aromatic rings. The lowest BCUT2D eigenvalue weighted by atomic mass is 10.2. The van der Waals surface area contributed by atoms with Gasteiger partial charge in [-0.05, 0) is 24.6 Å². The van der Waals surface area contributed by atoms with Crippen LogP contribution in [0.1, 0.15) is 30.2 Å². The molecule has 4 aromatic heterocycles. The molecule has 0 aliphatic rings. The highest BCUT2D eigenvalue weighted by molar-refractivity contribution is 5.56. The fourth-order valence-electron chi connectivity index (χ4n) is 2.88. The number of nitrogens with zero attached hydrogens (tertiary/aromatic N) is 8. The van der Waals surface area contributed by atoms with Crippen LogP contribution in [0.4, 0.5) is 14.6 Å². The van der Waals surface area contributed by atoms with Crippen LogP contribution < -0.4 is 10.5 Å². The molecule has 0 atom stereocenters. The standard InChI is InChI=1S/C19H19F2N9O/c1-3-11-9-30(27-19(11)22)15-6-7-16(25-24-15)31-10-14-17(26-28-29(14)2)13-5-4-12(8-23-13)18(20)21/h4-9,18H,3,10H2,1-2H3,(H2,22,27). The Kier molecular flexibility index (Phi) is 5.52. The summed E-state index contributed by atoms with van der Waals surface area (Å²) in [5.41, 5.74) is 8.08. The Morgan fingerprint density at radius 1 is 1.13 bits per heavy atom. The van der Waals surface area contributed by atoms with Crippen molar-refractivity contribution in [1.82, 2.24) is 40.0 Å². The predicted molar refractivity (Wildman–Crippen MR) is 106 cm³/mol. The van der Waals surface area contributed by atoms with E-state index in [4.69, 9.17) is 10.5 Å². The van der Waals surface area contributed by atoms with E-state index >= 15 is 0 Å². The number of pyridine rings is 1. The van der Waals surface area contributed by atoms with Gasteiger partial charge in [0.1, 0.15) is 23.8 Å². The van der Waals surface area contributed by atoms with Gasteiger partial charge in [-0.3, -0.25) is 4.98 Å². The van der Waals surface area contributed by atoms with Gasteiger partial charge < -0.3 is 10.5 Å². The van der Waals surface area contributed by atoms with Gasteiger partial charge in [-0.15, -0.1) is 20.4 Å². The van der Waals surface area contributed by atoms with Gasteiger partial charge in [0.05, 0.1) is 5.69 Å². The molecule has 2 N–H and O–H groups in total. The van der Waals surface area contributed by atoms with Crippen molar-refractivity contribution >= 4 is 5.82 Å². The number of ether oxygens (including phenoxy) is 1. The second-order valence-corrected chi connectivity index (χ2v) is 6.64. The molecule has 10 nitrogen and oxygen atoms in total. The predicted octanol–water partition coefficient (Wildman–Crippen LogP) is 2.51. The Bertz CT molecular complexity index is 1170. The lowest BCUT2D eigenvalue weighted by Crippen LogP contribution is -2.07. The van der Waals surface area contributed by atoms with E-state index in [-0.39, 0.29) is 18.1 Å². The maximum atomic E-state index is 12.8. The minimum absolute atomic E-state index is 0.0832. The number of aryl methyl sites for hydroxylation is 2. The minimum Gasteiger partial charge on any atom is -0.470 e. The quantitative estimate of drug-likeness (QED) is 0.477. The molecule has 0 aliphatic carbocycles. The Labute approximate surface area is 175 Å². The molecule has 0 spiro atoms. The van der Waals surface area contributed by atoms with Crippen molar-refractivity contribution in [2.24, 2.45) is 7.05 Å². The number of nitrogen functional groups attached to an aromatic ring is 1. The molecular weight excluding hydrogens is 408 g/mol. The van der Waals surface area contributed by atoms with Crippen LogP contribution in [0.25, 0.3) is 17.2 Å². The highest BCUT2D eigenvalue weighted by atomic mass is 19.3. The molecule has 0 amide bonds. The number of nitrogens with two attached hydrogens (primary N) is 1. The molecule has 0 fully saturated rings.